The molecule has 0 bridgehead atoms. The second kappa shape index (κ2) is 5.65. The lowest BCUT2D eigenvalue weighted by Crippen LogP contribution is -2.39. The lowest BCUT2D eigenvalue weighted by molar-refractivity contribution is 0.212. The summed E-state index contributed by atoms with van der Waals surface area (Å²) in [6.07, 6.45) is 3.74. The number of nitrogens with one attached hydrogen (secondary N) is 1. The largest absolute Gasteiger partial charge is 0.487 e. The van der Waals surface area contributed by atoms with Gasteiger partial charge in [-0.05, 0) is 69.0 Å². The number of ether oxygens (including phenoxy) is 1. The maximum Gasteiger partial charge on any atom is 0.143 e. The quantitative estimate of drug-likeness (QED) is 0.897. The van der Waals surface area contributed by atoms with E-state index in [4.69, 9.17) is 4.74 Å². The third-order valence-electron chi connectivity index (χ3n) is 4.47. The summed E-state index contributed by atoms with van der Waals surface area (Å²) in [5.74, 6) is 1.11. The summed E-state index contributed by atoms with van der Waals surface area (Å²) >= 11 is 0. The van der Waals surface area contributed by atoms with Crippen LogP contribution in [0.3, 0.4) is 0 Å². The molecule has 3 nitrogen and oxygen atoms in total. The van der Waals surface area contributed by atoms with Gasteiger partial charge in [-0.3, -0.25) is 0 Å². The van der Waals surface area contributed by atoms with Crippen molar-refractivity contribution in [1.29, 1.82) is 0 Å². The molecule has 0 radical (unpaired) electrons. The van der Waals surface area contributed by atoms with Gasteiger partial charge in [0.05, 0.1) is 12.2 Å². The summed E-state index contributed by atoms with van der Waals surface area (Å²) in [6.45, 7) is 11.0. The summed E-state index contributed by atoms with van der Waals surface area (Å²) < 4.78 is 6.13. The minimum Gasteiger partial charge on any atom is -0.487 e. The summed E-state index contributed by atoms with van der Waals surface area (Å²) in [7, 11) is 0. The second-order valence-electron chi connectivity index (χ2n) is 6.11. The maximum atomic E-state index is 6.13. The van der Waals surface area contributed by atoms with Gasteiger partial charge in [0, 0.05) is 6.54 Å². The lowest BCUT2D eigenvalue weighted by atomic mass is 9.94. The molecule has 0 aliphatic carbocycles. The Labute approximate surface area is 122 Å². The first-order chi connectivity index (χ1) is 9.70. The minimum atomic E-state index is 0.287. The van der Waals surface area contributed by atoms with E-state index in [-0.39, 0.29) is 6.10 Å². The van der Waals surface area contributed by atoms with Crippen molar-refractivity contribution in [2.45, 2.75) is 46.1 Å². The number of rotatable bonds is 2. The Hall–Kier alpha value is -1.22. The van der Waals surface area contributed by atoms with Crippen molar-refractivity contribution in [2.75, 3.05) is 31.1 Å². The topological polar surface area (TPSA) is 24.5 Å². The molecule has 2 heterocycles. The zero-order valence-corrected chi connectivity index (χ0v) is 13.0. The molecule has 1 unspecified atom stereocenters. The molecule has 0 amide bonds. The smallest absolute Gasteiger partial charge is 0.143 e. The molecule has 1 aromatic rings. The van der Waals surface area contributed by atoms with E-state index >= 15 is 0 Å². The average molecular weight is 274 g/mol. The molecule has 0 fully saturated rings. The lowest BCUT2D eigenvalue weighted by Gasteiger charge is -2.37. The standard InChI is InChI=1S/C17H26N2O/c1-4-9-19-11-12(2)20-16-10-14-5-7-18-8-6-15(14)13(3)17(16)19/h10,12,18H,4-9,11H2,1-3H3. The first-order valence-electron chi connectivity index (χ1n) is 7.98. The molecule has 1 aromatic carbocycles. The Morgan fingerprint density at radius 3 is 2.95 bits per heavy atom. The summed E-state index contributed by atoms with van der Waals surface area (Å²) in [5.41, 5.74) is 5.83. The molecule has 0 saturated heterocycles. The van der Waals surface area contributed by atoms with Gasteiger partial charge in [0.15, 0.2) is 0 Å². The highest BCUT2D eigenvalue weighted by Gasteiger charge is 2.27. The first-order valence-corrected chi connectivity index (χ1v) is 7.98. The summed E-state index contributed by atoms with van der Waals surface area (Å²) in [5, 5.41) is 3.50. The van der Waals surface area contributed by atoms with Gasteiger partial charge < -0.3 is 15.0 Å². The van der Waals surface area contributed by atoms with E-state index in [0.717, 1.165) is 44.8 Å². The normalized spacial score (nSPS) is 21.8. The summed E-state index contributed by atoms with van der Waals surface area (Å²) in [4.78, 5) is 2.53. The van der Waals surface area contributed by atoms with E-state index in [9.17, 15) is 0 Å². The minimum absolute atomic E-state index is 0.287. The Bertz CT molecular complexity index is 498. The van der Waals surface area contributed by atoms with Crippen molar-refractivity contribution < 1.29 is 4.74 Å². The van der Waals surface area contributed by atoms with Crippen LogP contribution in [-0.4, -0.2) is 32.3 Å². The molecular weight excluding hydrogens is 248 g/mol. The predicted octanol–water partition coefficient (Wildman–Crippen LogP) is 2.68. The zero-order chi connectivity index (χ0) is 14.1. The predicted molar refractivity (Wildman–Crippen MR) is 84.1 cm³/mol. The van der Waals surface area contributed by atoms with Crippen LogP contribution in [0.4, 0.5) is 5.69 Å². The van der Waals surface area contributed by atoms with Gasteiger partial charge in [-0.15, -0.1) is 0 Å². The zero-order valence-electron chi connectivity index (χ0n) is 13.0. The van der Waals surface area contributed by atoms with E-state index in [1.807, 2.05) is 0 Å². The number of anilines is 1. The van der Waals surface area contributed by atoms with Gasteiger partial charge in [0.25, 0.3) is 0 Å². The van der Waals surface area contributed by atoms with Gasteiger partial charge in [0.2, 0.25) is 0 Å². The van der Waals surface area contributed by atoms with Crippen molar-refractivity contribution in [3.8, 4) is 5.75 Å². The van der Waals surface area contributed by atoms with E-state index in [1.54, 1.807) is 5.56 Å². The number of benzene rings is 1. The SMILES string of the molecule is CCCN1CC(C)Oc2cc3c(c(C)c21)CCNCC3. The van der Waals surface area contributed by atoms with Crippen LogP contribution >= 0.6 is 0 Å². The Kier molecular flexibility index (Phi) is 3.88. The van der Waals surface area contributed by atoms with E-state index < -0.39 is 0 Å². The molecule has 110 valence electrons. The summed E-state index contributed by atoms with van der Waals surface area (Å²) in [6, 6.07) is 2.31. The highest BCUT2D eigenvalue weighted by molar-refractivity contribution is 5.69. The third-order valence-corrected chi connectivity index (χ3v) is 4.47. The Morgan fingerprint density at radius 2 is 2.15 bits per heavy atom. The number of hydrogen-bond donors (Lipinski definition) is 1. The highest BCUT2D eigenvalue weighted by atomic mass is 16.5. The van der Waals surface area contributed by atoms with E-state index in [2.05, 4.69) is 37.1 Å². The molecule has 20 heavy (non-hydrogen) atoms. The van der Waals surface area contributed by atoms with Crippen LogP contribution in [0.2, 0.25) is 0 Å². The van der Waals surface area contributed by atoms with E-state index in [0.29, 0.717) is 0 Å². The maximum absolute atomic E-state index is 6.13. The number of nitrogens with zero attached hydrogens (tertiary/aromatic N) is 1. The molecule has 1 atom stereocenters. The third kappa shape index (κ3) is 2.39. The molecule has 1 N–H and O–H groups in total. The van der Waals surface area contributed by atoms with Gasteiger partial charge in [0.1, 0.15) is 11.9 Å². The molecule has 2 aliphatic rings. The molecule has 0 saturated carbocycles. The van der Waals surface area contributed by atoms with Crippen LogP contribution < -0.4 is 15.0 Å². The second-order valence-corrected chi connectivity index (χ2v) is 6.11. The molecule has 0 spiro atoms. The van der Waals surface area contributed by atoms with Crippen LogP contribution in [-0.2, 0) is 12.8 Å². The van der Waals surface area contributed by atoms with Gasteiger partial charge >= 0.3 is 0 Å². The van der Waals surface area contributed by atoms with Crippen LogP contribution in [0.5, 0.6) is 5.75 Å². The molecule has 0 aromatic heterocycles. The molecular formula is C17H26N2O. The monoisotopic (exact) mass is 274 g/mol. The van der Waals surface area contributed by atoms with Crippen molar-refractivity contribution in [2.24, 2.45) is 0 Å². The van der Waals surface area contributed by atoms with Gasteiger partial charge in [-0.25, -0.2) is 0 Å². The van der Waals surface area contributed by atoms with Crippen molar-refractivity contribution >= 4 is 5.69 Å². The molecule has 3 rings (SSSR count). The fourth-order valence-electron chi connectivity index (χ4n) is 3.63. The fourth-order valence-corrected chi connectivity index (χ4v) is 3.63. The first kappa shape index (κ1) is 13.7. The Balaban J connectivity index is 2.08. The van der Waals surface area contributed by atoms with Crippen molar-refractivity contribution in [3.63, 3.8) is 0 Å². The van der Waals surface area contributed by atoms with Crippen LogP contribution in [0.1, 0.15) is 37.0 Å². The van der Waals surface area contributed by atoms with Crippen molar-refractivity contribution in [3.05, 3.63) is 22.8 Å². The average Bonchev–Trinajstić information content (AvgIpc) is 2.64. The Morgan fingerprint density at radius 1 is 1.35 bits per heavy atom. The van der Waals surface area contributed by atoms with Gasteiger partial charge in [-0.2, -0.15) is 0 Å². The van der Waals surface area contributed by atoms with Gasteiger partial charge in [-0.1, -0.05) is 6.92 Å². The number of fused-ring (bicyclic) bond motifs is 2. The van der Waals surface area contributed by atoms with Crippen LogP contribution in [0, 0.1) is 6.92 Å². The fraction of sp³-hybridized carbons (Fsp3) is 0.647. The van der Waals surface area contributed by atoms with Crippen LogP contribution in [0.15, 0.2) is 6.07 Å². The van der Waals surface area contributed by atoms with Crippen molar-refractivity contribution in [1.82, 2.24) is 5.32 Å². The molecule has 2 aliphatic heterocycles. The van der Waals surface area contributed by atoms with E-state index in [1.165, 1.54) is 23.2 Å². The van der Waals surface area contributed by atoms with Crippen LogP contribution in [0.25, 0.3) is 0 Å². The highest BCUT2D eigenvalue weighted by Crippen LogP contribution is 2.40. The molecule has 3 heteroatoms. The number of hydrogen-bond acceptors (Lipinski definition) is 3.